The van der Waals surface area contributed by atoms with Gasteiger partial charge in [-0.05, 0) is 31.2 Å². The zero-order valence-corrected chi connectivity index (χ0v) is 12.9. The van der Waals surface area contributed by atoms with Crippen LogP contribution in [0.2, 0.25) is 0 Å². The van der Waals surface area contributed by atoms with Crippen molar-refractivity contribution >= 4 is 21.9 Å². The predicted molar refractivity (Wildman–Crippen MR) is 77.7 cm³/mol. The van der Waals surface area contributed by atoms with Crippen LogP contribution in [0.4, 0.5) is 0 Å². The van der Waals surface area contributed by atoms with Crippen molar-refractivity contribution in [2.24, 2.45) is 0 Å². The van der Waals surface area contributed by atoms with Gasteiger partial charge in [-0.1, -0.05) is 28.1 Å². The Kier molecular flexibility index (Phi) is 7.05. The van der Waals surface area contributed by atoms with Crippen LogP contribution < -0.4 is 0 Å². The van der Waals surface area contributed by atoms with Crippen molar-refractivity contribution in [2.45, 2.75) is 25.5 Å². The fourth-order valence-corrected chi connectivity index (χ4v) is 2.07. The second-order valence-corrected chi connectivity index (χ2v) is 5.51. The van der Waals surface area contributed by atoms with Crippen molar-refractivity contribution in [1.82, 2.24) is 4.90 Å². The Labute approximate surface area is 122 Å². The normalized spacial score (nSPS) is 12.5. The average molecular weight is 330 g/mol. The van der Waals surface area contributed by atoms with E-state index in [1.54, 1.807) is 0 Å². The summed E-state index contributed by atoms with van der Waals surface area (Å²) in [5.41, 5.74) is 1.19. The number of rotatable bonds is 7. The first kappa shape index (κ1) is 16.1. The molecule has 5 heteroatoms. The Morgan fingerprint density at radius 2 is 2.05 bits per heavy atom. The highest BCUT2D eigenvalue weighted by molar-refractivity contribution is 9.10. The van der Waals surface area contributed by atoms with Crippen molar-refractivity contribution in [2.75, 3.05) is 20.7 Å². The van der Waals surface area contributed by atoms with Crippen molar-refractivity contribution in [3.8, 4) is 0 Å². The number of halogens is 1. The molecule has 0 heterocycles. The van der Waals surface area contributed by atoms with Crippen LogP contribution in [0.5, 0.6) is 0 Å². The summed E-state index contributed by atoms with van der Waals surface area (Å²) in [6.45, 7) is 1.30. The molecule has 1 aromatic rings. The van der Waals surface area contributed by atoms with E-state index in [4.69, 9.17) is 0 Å². The van der Waals surface area contributed by atoms with Gasteiger partial charge in [0.2, 0.25) is 0 Å². The van der Waals surface area contributed by atoms with Crippen molar-refractivity contribution in [3.63, 3.8) is 0 Å². The highest BCUT2D eigenvalue weighted by Crippen LogP contribution is 2.12. The first-order valence-electron chi connectivity index (χ1n) is 6.19. The molecule has 0 aromatic heterocycles. The molecule has 106 valence electrons. The molecule has 0 saturated carbocycles. The molecule has 0 aliphatic rings. The van der Waals surface area contributed by atoms with Crippen LogP contribution in [-0.4, -0.2) is 42.8 Å². The van der Waals surface area contributed by atoms with Crippen LogP contribution in [0.3, 0.4) is 0 Å². The third-order valence-corrected chi connectivity index (χ3v) is 3.33. The minimum absolute atomic E-state index is 0.254. The van der Waals surface area contributed by atoms with E-state index in [0.717, 1.165) is 11.0 Å². The van der Waals surface area contributed by atoms with Crippen LogP contribution in [0.1, 0.15) is 18.4 Å². The molecular formula is C14H20BrNO3. The maximum absolute atomic E-state index is 11.0. The molecule has 0 aliphatic carbocycles. The van der Waals surface area contributed by atoms with Gasteiger partial charge in [0.1, 0.15) is 0 Å². The van der Waals surface area contributed by atoms with Crippen LogP contribution in [0.15, 0.2) is 28.7 Å². The molecule has 0 amide bonds. The fourth-order valence-electron chi connectivity index (χ4n) is 1.80. The van der Waals surface area contributed by atoms with Gasteiger partial charge in [-0.15, -0.1) is 0 Å². The Hall–Kier alpha value is -0.910. The van der Waals surface area contributed by atoms with Gasteiger partial charge in [0.05, 0.1) is 13.2 Å². The molecule has 19 heavy (non-hydrogen) atoms. The number of benzene rings is 1. The van der Waals surface area contributed by atoms with E-state index in [9.17, 15) is 9.90 Å². The summed E-state index contributed by atoms with van der Waals surface area (Å²) < 4.78 is 5.60. The number of hydrogen-bond donors (Lipinski definition) is 1. The highest BCUT2D eigenvalue weighted by Gasteiger charge is 2.11. The van der Waals surface area contributed by atoms with Gasteiger partial charge < -0.3 is 9.84 Å². The van der Waals surface area contributed by atoms with Gasteiger partial charge in [0.15, 0.2) is 0 Å². The molecule has 4 nitrogen and oxygen atoms in total. The minimum Gasteiger partial charge on any atom is -0.469 e. The lowest BCUT2D eigenvalue weighted by Gasteiger charge is -2.20. The van der Waals surface area contributed by atoms with Crippen LogP contribution in [0.25, 0.3) is 0 Å². The number of ether oxygens (including phenoxy) is 1. The van der Waals surface area contributed by atoms with Crippen LogP contribution in [0, 0.1) is 0 Å². The second-order valence-electron chi connectivity index (χ2n) is 4.59. The van der Waals surface area contributed by atoms with Crippen LogP contribution >= 0.6 is 15.9 Å². The number of aliphatic hydroxyl groups excluding tert-OH is 1. The van der Waals surface area contributed by atoms with Crippen LogP contribution in [-0.2, 0) is 16.1 Å². The van der Waals surface area contributed by atoms with Gasteiger partial charge in [0, 0.05) is 24.0 Å². The molecule has 0 saturated heterocycles. The topological polar surface area (TPSA) is 49.8 Å². The summed E-state index contributed by atoms with van der Waals surface area (Å²) in [4.78, 5) is 13.0. The third-order valence-electron chi connectivity index (χ3n) is 2.80. The number of nitrogens with zero attached hydrogens (tertiary/aromatic N) is 1. The average Bonchev–Trinajstić information content (AvgIpc) is 2.38. The Balaban J connectivity index is 2.32. The lowest BCUT2D eigenvalue weighted by molar-refractivity contribution is -0.141. The molecule has 1 rings (SSSR count). The molecular weight excluding hydrogens is 310 g/mol. The molecule has 1 N–H and O–H groups in total. The SMILES string of the molecule is COC(=O)CCC(O)CN(C)Cc1ccc(Br)cc1. The van der Waals surface area contributed by atoms with E-state index >= 15 is 0 Å². The number of esters is 1. The predicted octanol–water partition coefficient (Wildman–Crippen LogP) is 2.19. The van der Waals surface area contributed by atoms with Gasteiger partial charge in [0.25, 0.3) is 0 Å². The molecule has 0 fully saturated rings. The van der Waals surface area contributed by atoms with E-state index in [1.807, 2.05) is 36.2 Å². The quantitative estimate of drug-likeness (QED) is 0.779. The summed E-state index contributed by atoms with van der Waals surface area (Å²) in [6.07, 6.45) is 0.167. The van der Waals surface area contributed by atoms with Gasteiger partial charge in [-0.2, -0.15) is 0 Å². The van der Waals surface area contributed by atoms with Gasteiger partial charge in [-0.25, -0.2) is 0 Å². The number of likely N-dealkylation sites (N-methyl/N-ethyl adjacent to an activating group) is 1. The molecule has 1 aromatic carbocycles. The van der Waals surface area contributed by atoms with E-state index < -0.39 is 6.10 Å². The monoisotopic (exact) mass is 329 g/mol. The number of carbonyl (C=O) groups excluding carboxylic acids is 1. The Morgan fingerprint density at radius 1 is 1.42 bits per heavy atom. The molecule has 1 atom stereocenters. The third kappa shape index (κ3) is 6.71. The summed E-state index contributed by atoms with van der Waals surface area (Å²) in [5.74, 6) is -0.283. The van der Waals surface area contributed by atoms with E-state index in [2.05, 4.69) is 20.7 Å². The van der Waals surface area contributed by atoms with E-state index in [-0.39, 0.29) is 12.4 Å². The van der Waals surface area contributed by atoms with Gasteiger partial charge in [-0.3, -0.25) is 9.69 Å². The maximum atomic E-state index is 11.0. The Bertz CT molecular complexity index is 394. The van der Waals surface area contributed by atoms with Crippen molar-refractivity contribution < 1.29 is 14.6 Å². The second kappa shape index (κ2) is 8.30. The van der Waals surface area contributed by atoms with E-state index in [1.165, 1.54) is 12.7 Å². The van der Waals surface area contributed by atoms with E-state index in [0.29, 0.717) is 13.0 Å². The maximum Gasteiger partial charge on any atom is 0.305 e. The first-order valence-corrected chi connectivity index (χ1v) is 6.98. The summed E-state index contributed by atoms with van der Waals surface area (Å²) in [5, 5.41) is 9.83. The smallest absolute Gasteiger partial charge is 0.305 e. The zero-order chi connectivity index (χ0) is 14.3. The lowest BCUT2D eigenvalue weighted by Crippen LogP contribution is -2.29. The summed E-state index contributed by atoms with van der Waals surface area (Å²) >= 11 is 3.40. The van der Waals surface area contributed by atoms with Crippen molar-refractivity contribution in [1.29, 1.82) is 0 Å². The van der Waals surface area contributed by atoms with Gasteiger partial charge >= 0.3 is 5.97 Å². The molecule has 0 radical (unpaired) electrons. The Morgan fingerprint density at radius 3 is 2.63 bits per heavy atom. The molecule has 0 aliphatic heterocycles. The first-order chi connectivity index (χ1) is 9.01. The molecule has 0 spiro atoms. The zero-order valence-electron chi connectivity index (χ0n) is 11.3. The summed E-state index contributed by atoms with van der Waals surface area (Å²) in [7, 11) is 3.30. The largest absolute Gasteiger partial charge is 0.469 e. The standard InChI is InChI=1S/C14H20BrNO3/c1-16(9-11-3-5-12(15)6-4-11)10-13(17)7-8-14(18)19-2/h3-6,13,17H,7-10H2,1-2H3. The number of methoxy groups -OCH3 is 1. The minimum atomic E-state index is -0.514. The highest BCUT2D eigenvalue weighted by atomic mass is 79.9. The fraction of sp³-hybridized carbons (Fsp3) is 0.500. The molecule has 1 unspecified atom stereocenters. The number of aliphatic hydroxyl groups is 1. The number of carbonyl (C=O) groups is 1. The lowest BCUT2D eigenvalue weighted by atomic mass is 10.1. The molecule has 0 bridgehead atoms. The number of hydrogen-bond acceptors (Lipinski definition) is 4. The summed E-state index contributed by atoms with van der Waals surface area (Å²) in [6, 6.07) is 8.08. The van der Waals surface area contributed by atoms with Crippen molar-refractivity contribution in [3.05, 3.63) is 34.3 Å².